The second-order valence-electron chi connectivity index (χ2n) is 6.23. The van der Waals surface area contributed by atoms with Gasteiger partial charge >= 0.3 is 0 Å². The Morgan fingerprint density at radius 3 is 2.06 bits per heavy atom. The van der Waals surface area contributed by atoms with Crippen molar-refractivity contribution in [3.8, 4) is 0 Å². The van der Waals surface area contributed by atoms with Crippen LogP contribution >= 0.6 is 0 Å². The van der Waals surface area contributed by atoms with Gasteiger partial charge in [-0.05, 0) is 47.1 Å². The molecule has 0 amide bonds. The van der Waals surface area contributed by atoms with Gasteiger partial charge in [0.1, 0.15) is 0 Å². The van der Waals surface area contributed by atoms with E-state index >= 15 is 0 Å². The van der Waals surface area contributed by atoms with E-state index in [0.717, 1.165) is 25.8 Å². The lowest BCUT2D eigenvalue weighted by Crippen LogP contribution is -2.39. The highest BCUT2D eigenvalue weighted by Gasteiger charge is 2.20. The fourth-order valence-electron chi connectivity index (χ4n) is 1.76. The van der Waals surface area contributed by atoms with Crippen LogP contribution in [0.15, 0.2) is 0 Å². The maximum Gasteiger partial charge on any atom is 0.0631 e. The van der Waals surface area contributed by atoms with Crippen LogP contribution in [0.4, 0.5) is 0 Å². The molecular weight excluding hydrogens is 198 g/mol. The molecular formula is C14H31NO. The van der Waals surface area contributed by atoms with Crippen molar-refractivity contribution in [2.75, 3.05) is 6.54 Å². The van der Waals surface area contributed by atoms with E-state index in [2.05, 4.69) is 33.0 Å². The van der Waals surface area contributed by atoms with E-state index in [1.54, 1.807) is 0 Å². The molecule has 1 atom stereocenters. The van der Waals surface area contributed by atoms with Crippen molar-refractivity contribution in [3.05, 3.63) is 0 Å². The molecule has 0 heterocycles. The quantitative estimate of drug-likeness (QED) is 0.625. The second kappa shape index (κ2) is 7.29. The van der Waals surface area contributed by atoms with Gasteiger partial charge in [0.25, 0.3) is 0 Å². The van der Waals surface area contributed by atoms with Crippen LogP contribution in [0, 0.1) is 0 Å². The van der Waals surface area contributed by atoms with Crippen LogP contribution in [0.1, 0.15) is 73.1 Å². The molecule has 0 aromatic carbocycles. The van der Waals surface area contributed by atoms with Gasteiger partial charge in [0.05, 0.1) is 5.60 Å². The van der Waals surface area contributed by atoms with Gasteiger partial charge in [0.15, 0.2) is 0 Å². The monoisotopic (exact) mass is 229 g/mol. The van der Waals surface area contributed by atoms with Gasteiger partial charge in [0.2, 0.25) is 0 Å². The van der Waals surface area contributed by atoms with Gasteiger partial charge in [0, 0.05) is 5.54 Å². The van der Waals surface area contributed by atoms with E-state index in [0.29, 0.717) is 0 Å². The standard InChI is InChI=1S/C14H31NO/c1-6-7-8-9-10-14(5,16)11-12-15-13(2,3)4/h15-16H,6-12H2,1-5H3. The molecule has 0 bridgehead atoms. The Kier molecular flexibility index (Phi) is 7.25. The van der Waals surface area contributed by atoms with Crippen LogP contribution in [-0.4, -0.2) is 22.8 Å². The van der Waals surface area contributed by atoms with E-state index in [1.807, 2.05) is 6.92 Å². The fourth-order valence-corrected chi connectivity index (χ4v) is 1.76. The van der Waals surface area contributed by atoms with Crippen LogP contribution in [0.3, 0.4) is 0 Å². The number of hydrogen-bond donors (Lipinski definition) is 2. The minimum absolute atomic E-state index is 0.151. The van der Waals surface area contributed by atoms with Gasteiger partial charge in [-0.2, -0.15) is 0 Å². The normalized spacial score (nSPS) is 16.1. The summed E-state index contributed by atoms with van der Waals surface area (Å²) < 4.78 is 0. The first-order valence-electron chi connectivity index (χ1n) is 6.74. The highest BCUT2D eigenvalue weighted by molar-refractivity contribution is 4.77. The lowest BCUT2D eigenvalue weighted by Gasteiger charge is -2.27. The molecule has 0 aliphatic rings. The summed E-state index contributed by atoms with van der Waals surface area (Å²) in [7, 11) is 0. The minimum Gasteiger partial charge on any atom is -0.390 e. The molecule has 0 rings (SSSR count). The van der Waals surface area contributed by atoms with E-state index in [1.165, 1.54) is 19.3 Å². The molecule has 16 heavy (non-hydrogen) atoms. The zero-order chi connectivity index (χ0) is 12.7. The van der Waals surface area contributed by atoms with Crippen molar-refractivity contribution in [2.45, 2.75) is 84.3 Å². The highest BCUT2D eigenvalue weighted by Crippen LogP contribution is 2.18. The van der Waals surface area contributed by atoms with Gasteiger partial charge in [-0.3, -0.25) is 0 Å². The van der Waals surface area contributed by atoms with Gasteiger partial charge < -0.3 is 10.4 Å². The molecule has 0 aliphatic carbocycles. The van der Waals surface area contributed by atoms with Gasteiger partial charge in [-0.15, -0.1) is 0 Å². The molecule has 2 N–H and O–H groups in total. The van der Waals surface area contributed by atoms with Crippen LogP contribution in [-0.2, 0) is 0 Å². The first kappa shape index (κ1) is 15.9. The average molecular weight is 229 g/mol. The third kappa shape index (κ3) is 10.4. The van der Waals surface area contributed by atoms with Crippen molar-refractivity contribution in [1.29, 1.82) is 0 Å². The number of aliphatic hydroxyl groups is 1. The molecule has 1 unspecified atom stereocenters. The first-order valence-corrected chi connectivity index (χ1v) is 6.74. The fraction of sp³-hybridized carbons (Fsp3) is 1.00. The second-order valence-corrected chi connectivity index (χ2v) is 6.23. The number of hydrogen-bond acceptors (Lipinski definition) is 2. The summed E-state index contributed by atoms with van der Waals surface area (Å²) in [5.41, 5.74) is -0.343. The summed E-state index contributed by atoms with van der Waals surface area (Å²) in [4.78, 5) is 0. The third-order valence-electron chi connectivity index (χ3n) is 2.89. The van der Waals surface area contributed by atoms with Crippen molar-refractivity contribution < 1.29 is 5.11 Å². The molecule has 0 saturated carbocycles. The molecule has 0 saturated heterocycles. The molecule has 0 radical (unpaired) electrons. The van der Waals surface area contributed by atoms with Crippen molar-refractivity contribution in [1.82, 2.24) is 5.32 Å². The summed E-state index contributed by atoms with van der Waals surface area (Å²) in [6.07, 6.45) is 6.72. The molecule has 0 aliphatic heterocycles. The molecule has 2 heteroatoms. The predicted octanol–water partition coefficient (Wildman–Crippen LogP) is 3.49. The lowest BCUT2D eigenvalue weighted by atomic mass is 9.94. The maximum absolute atomic E-state index is 10.2. The van der Waals surface area contributed by atoms with Gasteiger partial charge in [-0.1, -0.05) is 32.6 Å². The summed E-state index contributed by atoms with van der Waals surface area (Å²) >= 11 is 0. The third-order valence-corrected chi connectivity index (χ3v) is 2.89. The van der Waals surface area contributed by atoms with Crippen LogP contribution in [0.5, 0.6) is 0 Å². The van der Waals surface area contributed by atoms with Gasteiger partial charge in [-0.25, -0.2) is 0 Å². The van der Waals surface area contributed by atoms with Crippen LogP contribution < -0.4 is 5.32 Å². The summed E-state index contributed by atoms with van der Waals surface area (Å²) in [5.74, 6) is 0. The molecule has 0 aromatic rings. The number of unbranched alkanes of at least 4 members (excludes halogenated alkanes) is 3. The lowest BCUT2D eigenvalue weighted by molar-refractivity contribution is 0.0382. The van der Waals surface area contributed by atoms with Crippen molar-refractivity contribution >= 4 is 0 Å². The zero-order valence-corrected chi connectivity index (χ0v) is 11.9. The predicted molar refractivity (Wildman–Crippen MR) is 71.8 cm³/mol. The van der Waals surface area contributed by atoms with Crippen LogP contribution in [0.2, 0.25) is 0 Å². The Bertz CT molecular complexity index is 170. The SMILES string of the molecule is CCCCCCC(C)(O)CCNC(C)(C)C. The van der Waals surface area contributed by atoms with Crippen molar-refractivity contribution in [2.24, 2.45) is 0 Å². The molecule has 2 nitrogen and oxygen atoms in total. The summed E-state index contributed by atoms with van der Waals surface area (Å²) in [6, 6.07) is 0. The Hall–Kier alpha value is -0.0800. The Labute approximate surface area is 102 Å². The zero-order valence-electron chi connectivity index (χ0n) is 11.9. The minimum atomic E-state index is -0.494. The highest BCUT2D eigenvalue weighted by atomic mass is 16.3. The van der Waals surface area contributed by atoms with E-state index in [4.69, 9.17) is 0 Å². The van der Waals surface area contributed by atoms with E-state index in [9.17, 15) is 5.11 Å². The maximum atomic E-state index is 10.2. The topological polar surface area (TPSA) is 32.3 Å². The molecule has 98 valence electrons. The van der Waals surface area contributed by atoms with E-state index < -0.39 is 5.60 Å². The molecule has 0 spiro atoms. The molecule has 0 aromatic heterocycles. The average Bonchev–Trinajstić information content (AvgIpc) is 2.10. The number of rotatable bonds is 8. The number of nitrogens with one attached hydrogen (secondary N) is 1. The largest absolute Gasteiger partial charge is 0.390 e. The smallest absolute Gasteiger partial charge is 0.0631 e. The van der Waals surface area contributed by atoms with Crippen molar-refractivity contribution in [3.63, 3.8) is 0 Å². The van der Waals surface area contributed by atoms with E-state index in [-0.39, 0.29) is 5.54 Å². The summed E-state index contributed by atoms with van der Waals surface area (Å²) in [5, 5.41) is 13.6. The Morgan fingerprint density at radius 2 is 1.56 bits per heavy atom. The molecule has 0 fully saturated rings. The van der Waals surface area contributed by atoms with Crippen LogP contribution in [0.25, 0.3) is 0 Å². The Balaban J connectivity index is 3.62. The first-order chi connectivity index (χ1) is 7.27. The Morgan fingerprint density at radius 1 is 0.938 bits per heavy atom. The summed E-state index contributed by atoms with van der Waals surface area (Å²) in [6.45, 7) is 11.5.